The van der Waals surface area contributed by atoms with Gasteiger partial charge in [0.25, 0.3) is 0 Å². The maximum Gasteiger partial charge on any atom is 0.144 e. The normalized spacial score (nSPS) is 26.4. The SMILES string of the molecule is CC(C)Oc1cc(N2C[C@@H]3C[C@H]2CN3C)ccc1N. The number of likely N-dealkylation sites (N-methyl/N-ethyl adjacent to an activating group) is 1. The van der Waals surface area contributed by atoms with E-state index in [2.05, 4.69) is 29.0 Å². The number of likely N-dealkylation sites (tertiary alicyclic amines) is 1. The van der Waals surface area contributed by atoms with Gasteiger partial charge in [0.1, 0.15) is 5.75 Å². The van der Waals surface area contributed by atoms with Gasteiger partial charge in [0.05, 0.1) is 11.8 Å². The minimum Gasteiger partial charge on any atom is -0.489 e. The summed E-state index contributed by atoms with van der Waals surface area (Å²) >= 11 is 0. The third-order valence-corrected chi connectivity index (χ3v) is 4.21. The number of benzene rings is 1. The molecule has 2 aliphatic rings. The van der Waals surface area contributed by atoms with Crippen LogP contribution in [0.5, 0.6) is 5.75 Å². The highest BCUT2D eigenvalue weighted by molar-refractivity contribution is 5.63. The number of piperazine rings is 1. The summed E-state index contributed by atoms with van der Waals surface area (Å²) in [5, 5.41) is 0. The van der Waals surface area contributed by atoms with Gasteiger partial charge in [-0.3, -0.25) is 4.90 Å². The molecule has 0 saturated carbocycles. The van der Waals surface area contributed by atoms with Crippen LogP contribution in [0.4, 0.5) is 11.4 Å². The zero-order valence-electron chi connectivity index (χ0n) is 12.0. The Hall–Kier alpha value is -1.42. The molecule has 0 radical (unpaired) electrons. The Morgan fingerprint density at radius 1 is 1.26 bits per heavy atom. The Balaban J connectivity index is 1.82. The predicted octanol–water partition coefficient (Wildman–Crippen LogP) is 1.95. The molecule has 1 aromatic carbocycles. The molecule has 0 amide bonds. The summed E-state index contributed by atoms with van der Waals surface area (Å²) in [4.78, 5) is 4.96. The van der Waals surface area contributed by atoms with Crippen LogP contribution in [0.1, 0.15) is 20.3 Å². The zero-order valence-corrected chi connectivity index (χ0v) is 12.0. The van der Waals surface area contributed by atoms with Gasteiger partial charge in [-0.25, -0.2) is 0 Å². The van der Waals surface area contributed by atoms with Crippen LogP contribution in [-0.2, 0) is 0 Å². The molecule has 0 aromatic heterocycles. The summed E-state index contributed by atoms with van der Waals surface area (Å²) in [5.41, 5.74) is 7.95. The Kier molecular flexibility index (Phi) is 3.05. The van der Waals surface area contributed by atoms with Crippen molar-refractivity contribution in [3.8, 4) is 5.75 Å². The predicted molar refractivity (Wildman–Crippen MR) is 78.8 cm³/mol. The molecular formula is C15H23N3O. The van der Waals surface area contributed by atoms with Gasteiger partial charge in [-0.15, -0.1) is 0 Å². The van der Waals surface area contributed by atoms with E-state index < -0.39 is 0 Å². The van der Waals surface area contributed by atoms with Crippen molar-refractivity contribution in [3.05, 3.63) is 18.2 Å². The molecule has 2 bridgehead atoms. The maximum atomic E-state index is 5.98. The lowest BCUT2D eigenvalue weighted by molar-refractivity contribution is 0.243. The smallest absolute Gasteiger partial charge is 0.144 e. The average Bonchev–Trinajstić information content (AvgIpc) is 2.90. The number of rotatable bonds is 3. The summed E-state index contributed by atoms with van der Waals surface area (Å²) in [5.74, 6) is 0.809. The molecule has 4 heteroatoms. The van der Waals surface area contributed by atoms with Crippen molar-refractivity contribution >= 4 is 11.4 Å². The highest BCUT2D eigenvalue weighted by atomic mass is 16.5. The van der Waals surface area contributed by atoms with E-state index in [4.69, 9.17) is 10.5 Å². The molecule has 2 N–H and O–H groups in total. The van der Waals surface area contributed by atoms with Crippen LogP contribution in [-0.4, -0.2) is 43.2 Å². The lowest BCUT2D eigenvalue weighted by Gasteiger charge is -2.34. The van der Waals surface area contributed by atoms with Gasteiger partial charge in [0.15, 0.2) is 0 Å². The molecule has 1 aromatic rings. The van der Waals surface area contributed by atoms with Gasteiger partial charge in [-0.05, 0) is 39.4 Å². The molecule has 2 aliphatic heterocycles. The number of nitrogens with zero attached hydrogens (tertiary/aromatic N) is 2. The lowest BCUT2D eigenvalue weighted by atomic mass is 10.2. The molecule has 2 fully saturated rings. The van der Waals surface area contributed by atoms with E-state index >= 15 is 0 Å². The number of hydrogen-bond acceptors (Lipinski definition) is 4. The first-order valence-electron chi connectivity index (χ1n) is 7.07. The van der Waals surface area contributed by atoms with Crippen molar-refractivity contribution < 1.29 is 4.74 Å². The van der Waals surface area contributed by atoms with Crippen LogP contribution in [0.3, 0.4) is 0 Å². The number of anilines is 2. The summed E-state index contributed by atoms with van der Waals surface area (Å²) in [6.45, 7) is 6.33. The second-order valence-corrected chi connectivity index (χ2v) is 6.02. The fraction of sp³-hybridized carbons (Fsp3) is 0.600. The largest absolute Gasteiger partial charge is 0.489 e. The van der Waals surface area contributed by atoms with Crippen molar-refractivity contribution in [3.63, 3.8) is 0 Å². The quantitative estimate of drug-likeness (QED) is 0.844. The van der Waals surface area contributed by atoms with Gasteiger partial charge >= 0.3 is 0 Å². The second-order valence-electron chi connectivity index (χ2n) is 6.02. The van der Waals surface area contributed by atoms with Crippen LogP contribution in [0, 0.1) is 0 Å². The first kappa shape index (κ1) is 12.6. The molecule has 3 rings (SSSR count). The first-order valence-corrected chi connectivity index (χ1v) is 7.07. The van der Waals surface area contributed by atoms with Crippen molar-refractivity contribution in [2.75, 3.05) is 30.8 Å². The van der Waals surface area contributed by atoms with Crippen LogP contribution < -0.4 is 15.4 Å². The molecule has 4 nitrogen and oxygen atoms in total. The van der Waals surface area contributed by atoms with Crippen molar-refractivity contribution in [2.24, 2.45) is 0 Å². The molecular weight excluding hydrogens is 238 g/mol. The van der Waals surface area contributed by atoms with Gasteiger partial charge in [0, 0.05) is 36.9 Å². The minimum absolute atomic E-state index is 0.152. The summed E-state index contributed by atoms with van der Waals surface area (Å²) in [7, 11) is 2.22. The van der Waals surface area contributed by atoms with Crippen molar-refractivity contribution in [2.45, 2.75) is 38.5 Å². The van der Waals surface area contributed by atoms with E-state index in [0.717, 1.165) is 24.5 Å². The van der Waals surface area contributed by atoms with Gasteiger partial charge in [-0.1, -0.05) is 0 Å². The number of hydrogen-bond donors (Lipinski definition) is 1. The zero-order chi connectivity index (χ0) is 13.6. The average molecular weight is 261 g/mol. The highest BCUT2D eigenvalue weighted by Crippen LogP contribution is 2.36. The molecule has 19 heavy (non-hydrogen) atoms. The second kappa shape index (κ2) is 4.60. The topological polar surface area (TPSA) is 41.7 Å². The molecule has 0 aliphatic carbocycles. The Morgan fingerprint density at radius 3 is 2.63 bits per heavy atom. The molecule has 104 valence electrons. The highest BCUT2D eigenvalue weighted by Gasteiger charge is 2.41. The van der Waals surface area contributed by atoms with Crippen LogP contribution >= 0.6 is 0 Å². The Morgan fingerprint density at radius 2 is 2.05 bits per heavy atom. The van der Waals surface area contributed by atoms with Crippen molar-refractivity contribution in [1.29, 1.82) is 0 Å². The van der Waals surface area contributed by atoms with Crippen LogP contribution in [0.15, 0.2) is 18.2 Å². The van der Waals surface area contributed by atoms with E-state index in [9.17, 15) is 0 Å². The summed E-state index contributed by atoms with van der Waals surface area (Å²) < 4.78 is 5.78. The monoisotopic (exact) mass is 261 g/mol. The van der Waals surface area contributed by atoms with E-state index in [0.29, 0.717) is 12.1 Å². The molecule has 2 saturated heterocycles. The molecule has 2 heterocycles. The Bertz CT molecular complexity index is 472. The first-order chi connectivity index (χ1) is 9.04. The number of fused-ring (bicyclic) bond motifs is 2. The van der Waals surface area contributed by atoms with Gasteiger partial charge in [0.2, 0.25) is 0 Å². The third kappa shape index (κ3) is 2.25. The van der Waals surface area contributed by atoms with Gasteiger partial charge < -0.3 is 15.4 Å². The molecule has 0 spiro atoms. The fourth-order valence-electron chi connectivity index (χ4n) is 3.24. The fourth-order valence-corrected chi connectivity index (χ4v) is 3.24. The number of nitrogen functional groups attached to an aromatic ring is 1. The minimum atomic E-state index is 0.152. The number of nitrogens with two attached hydrogens (primary N) is 1. The van der Waals surface area contributed by atoms with E-state index in [1.54, 1.807) is 0 Å². The van der Waals surface area contributed by atoms with E-state index in [1.165, 1.54) is 12.1 Å². The van der Waals surface area contributed by atoms with Gasteiger partial charge in [-0.2, -0.15) is 0 Å². The number of ether oxygens (including phenoxy) is 1. The standard InChI is InChI=1S/C15H23N3O/c1-10(2)19-15-7-11(4-5-14(15)16)18-9-12-6-13(18)8-17(12)3/h4-5,7,10,12-13H,6,8-9,16H2,1-3H3/t12-,13-/m0/s1. The lowest BCUT2D eigenvalue weighted by Crippen LogP contribution is -2.44. The summed E-state index contributed by atoms with van der Waals surface area (Å²) in [6.07, 6.45) is 1.43. The summed E-state index contributed by atoms with van der Waals surface area (Å²) in [6, 6.07) is 7.52. The third-order valence-electron chi connectivity index (χ3n) is 4.21. The maximum absolute atomic E-state index is 5.98. The Labute approximate surface area is 115 Å². The van der Waals surface area contributed by atoms with E-state index in [1.807, 2.05) is 19.9 Å². The van der Waals surface area contributed by atoms with Crippen LogP contribution in [0.25, 0.3) is 0 Å². The molecule has 2 atom stereocenters. The van der Waals surface area contributed by atoms with E-state index in [-0.39, 0.29) is 6.10 Å². The van der Waals surface area contributed by atoms with Crippen molar-refractivity contribution in [1.82, 2.24) is 4.90 Å². The van der Waals surface area contributed by atoms with Crippen LogP contribution in [0.2, 0.25) is 0 Å². The molecule has 0 unspecified atom stereocenters.